The Labute approximate surface area is 146 Å². The predicted molar refractivity (Wildman–Crippen MR) is 101 cm³/mol. The van der Waals surface area contributed by atoms with Gasteiger partial charge in [-0.3, -0.25) is 0 Å². The van der Waals surface area contributed by atoms with Crippen LogP contribution < -0.4 is 5.73 Å². The lowest BCUT2D eigenvalue weighted by Crippen LogP contribution is -2.26. The van der Waals surface area contributed by atoms with Crippen molar-refractivity contribution < 1.29 is 5.11 Å². The quantitative estimate of drug-likeness (QED) is 0.690. The largest absolute Gasteiger partial charge is 0.389 e. The molecule has 0 bridgehead atoms. The summed E-state index contributed by atoms with van der Waals surface area (Å²) >= 11 is 1.70. The number of hydrogen-bond acceptors (Lipinski definition) is 5. The second-order valence-electron chi connectivity index (χ2n) is 7.21. The molecular weight excluding hydrogens is 320 g/mol. The summed E-state index contributed by atoms with van der Waals surface area (Å²) < 4.78 is 2.09. The fraction of sp³-hybridized carbons (Fsp3) is 0.444. The fourth-order valence-electron chi connectivity index (χ4n) is 2.72. The van der Waals surface area contributed by atoms with E-state index in [2.05, 4.69) is 23.4 Å². The molecule has 3 rings (SSSR count). The Morgan fingerprint density at radius 3 is 2.62 bits per heavy atom. The van der Waals surface area contributed by atoms with Gasteiger partial charge in [-0.15, -0.1) is 0 Å². The molecule has 0 saturated heterocycles. The Morgan fingerprint density at radius 2 is 1.96 bits per heavy atom. The van der Waals surface area contributed by atoms with Crippen molar-refractivity contribution >= 4 is 39.5 Å². The molecule has 128 valence electrons. The molecule has 0 radical (unpaired) electrons. The number of benzene rings is 1. The summed E-state index contributed by atoms with van der Waals surface area (Å²) in [4.78, 5) is 9.23. The molecule has 2 aromatic heterocycles. The minimum absolute atomic E-state index is 0.435. The number of nitrogens with zero attached hydrogens (tertiary/aromatic N) is 3. The van der Waals surface area contributed by atoms with Gasteiger partial charge in [0.15, 0.2) is 11.0 Å². The van der Waals surface area contributed by atoms with Gasteiger partial charge in [-0.2, -0.15) is 0 Å². The fourth-order valence-corrected chi connectivity index (χ4v) is 3.67. The number of thioether (sulfide) groups is 1. The van der Waals surface area contributed by atoms with Crippen LogP contribution in [0.1, 0.15) is 27.7 Å². The molecular formula is C18H24N4OS. The van der Waals surface area contributed by atoms with Gasteiger partial charge >= 0.3 is 0 Å². The van der Waals surface area contributed by atoms with Crippen LogP contribution in [0.4, 0.5) is 5.82 Å². The van der Waals surface area contributed by atoms with Gasteiger partial charge in [0.1, 0.15) is 5.52 Å². The van der Waals surface area contributed by atoms with Crippen LogP contribution in [0.15, 0.2) is 29.4 Å². The third kappa shape index (κ3) is 3.35. The van der Waals surface area contributed by atoms with Crippen molar-refractivity contribution in [1.82, 2.24) is 14.5 Å². The molecule has 0 saturated carbocycles. The Balaban J connectivity index is 2.28. The SMILES string of the molecule is CC(C)CSc1nc2c(N)nc3ccccc3c2n1CC(C)(C)O. The van der Waals surface area contributed by atoms with Gasteiger partial charge in [0.25, 0.3) is 0 Å². The second-order valence-corrected chi connectivity index (χ2v) is 8.20. The van der Waals surface area contributed by atoms with E-state index < -0.39 is 5.60 Å². The lowest BCUT2D eigenvalue weighted by molar-refractivity contribution is 0.0603. The van der Waals surface area contributed by atoms with Crippen molar-refractivity contribution in [2.24, 2.45) is 5.92 Å². The van der Waals surface area contributed by atoms with Gasteiger partial charge in [0.05, 0.1) is 23.2 Å². The molecule has 0 unspecified atom stereocenters. The van der Waals surface area contributed by atoms with Gasteiger partial charge in [0.2, 0.25) is 0 Å². The van der Waals surface area contributed by atoms with E-state index in [1.807, 2.05) is 38.1 Å². The monoisotopic (exact) mass is 344 g/mol. The average molecular weight is 344 g/mol. The van der Waals surface area contributed by atoms with Crippen LogP contribution >= 0.6 is 11.8 Å². The summed E-state index contributed by atoms with van der Waals surface area (Å²) in [5.41, 5.74) is 7.83. The maximum absolute atomic E-state index is 10.4. The number of aliphatic hydroxyl groups is 1. The smallest absolute Gasteiger partial charge is 0.169 e. The first-order valence-corrected chi connectivity index (χ1v) is 9.14. The summed E-state index contributed by atoms with van der Waals surface area (Å²) in [5, 5.41) is 12.3. The highest BCUT2D eigenvalue weighted by Gasteiger charge is 2.22. The van der Waals surface area contributed by atoms with E-state index in [1.54, 1.807) is 11.8 Å². The van der Waals surface area contributed by atoms with E-state index in [9.17, 15) is 5.11 Å². The summed E-state index contributed by atoms with van der Waals surface area (Å²) in [5.74, 6) is 1.95. The van der Waals surface area contributed by atoms with E-state index in [1.165, 1.54) is 0 Å². The zero-order chi connectivity index (χ0) is 17.5. The van der Waals surface area contributed by atoms with Crippen LogP contribution in [-0.4, -0.2) is 31.0 Å². The first-order chi connectivity index (χ1) is 11.3. The van der Waals surface area contributed by atoms with Gasteiger partial charge in [-0.1, -0.05) is 43.8 Å². The van der Waals surface area contributed by atoms with E-state index >= 15 is 0 Å². The number of imidazole rings is 1. The molecule has 1 aromatic carbocycles. The van der Waals surface area contributed by atoms with Crippen LogP contribution in [-0.2, 0) is 6.54 Å². The van der Waals surface area contributed by atoms with E-state index in [0.29, 0.717) is 23.8 Å². The molecule has 0 fully saturated rings. The Morgan fingerprint density at radius 1 is 1.25 bits per heavy atom. The molecule has 3 N–H and O–H groups in total. The number of nitrogen functional groups attached to an aromatic ring is 1. The third-order valence-electron chi connectivity index (χ3n) is 3.67. The van der Waals surface area contributed by atoms with Crippen molar-refractivity contribution in [2.45, 2.75) is 45.0 Å². The maximum Gasteiger partial charge on any atom is 0.169 e. The maximum atomic E-state index is 10.4. The number of para-hydroxylation sites is 1. The lowest BCUT2D eigenvalue weighted by Gasteiger charge is -2.20. The number of pyridine rings is 1. The molecule has 3 aromatic rings. The topological polar surface area (TPSA) is 77.0 Å². The average Bonchev–Trinajstić information content (AvgIpc) is 2.83. The predicted octanol–water partition coefficient (Wildman–Crippen LogP) is 3.69. The van der Waals surface area contributed by atoms with Gasteiger partial charge < -0.3 is 15.4 Å². The highest BCUT2D eigenvalue weighted by Crippen LogP contribution is 2.33. The van der Waals surface area contributed by atoms with Crippen LogP contribution in [0.2, 0.25) is 0 Å². The minimum atomic E-state index is -0.847. The highest BCUT2D eigenvalue weighted by atomic mass is 32.2. The number of rotatable bonds is 5. The number of hydrogen-bond donors (Lipinski definition) is 2. The molecule has 24 heavy (non-hydrogen) atoms. The molecule has 0 spiro atoms. The zero-order valence-corrected chi connectivity index (χ0v) is 15.4. The number of anilines is 1. The molecule has 0 atom stereocenters. The minimum Gasteiger partial charge on any atom is -0.389 e. The number of aromatic nitrogens is 3. The van der Waals surface area contributed by atoms with E-state index in [0.717, 1.165) is 27.3 Å². The van der Waals surface area contributed by atoms with Crippen LogP contribution in [0.25, 0.3) is 21.9 Å². The summed E-state index contributed by atoms with van der Waals surface area (Å²) in [6.45, 7) is 8.44. The third-order valence-corrected chi connectivity index (χ3v) is 5.07. The van der Waals surface area contributed by atoms with Crippen molar-refractivity contribution in [3.8, 4) is 0 Å². The lowest BCUT2D eigenvalue weighted by atomic mass is 10.1. The number of fused-ring (bicyclic) bond motifs is 3. The van der Waals surface area contributed by atoms with E-state index in [4.69, 9.17) is 10.7 Å². The molecule has 0 aliphatic heterocycles. The zero-order valence-electron chi connectivity index (χ0n) is 14.6. The Bertz CT molecular complexity index is 880. The normalized spacial score (nSPS) is 12.6. The molecule has 0 amide bonds. The van der Waals surface area contributed by atoms with Crippen molar-refractivity contribution in [3.63, 3.8) is 0 Å². The Hall–Kier alpha value is -1.79. The standard InChI is InChI=1S/C18H24N4OS/c1-11(2)9-24-17-21-14-15(22(17)10-18(3,4)23)12-7-5-6-8-13(12)20-16(14)19/h5-8,11,23H,9-10H2,1-4H3,(H2,19,20). The highest BCUT2D eigenvalue weighted by molar-refractivity contribution is 7.99. The van der Waals surface area contributed by atoms with Gasteiger partial charge in [-0.05, 0) is 25.8 Å². The summed E-state index contributed by atoms with van der Waals surface area (Å²) in [7, 11) is 0. The number of nitrogens with two attached hydrogens (primary N) is 1. The van der Waals surface area contributed by atoms with Gasteiger partial charge in [0, 0.05) is 11.1 Å². The molecule has 2 heterocycles. The van der Waals surface area contributed by atoms with Crippen molar-refractivity contribution in [2.75, 3.05) is 11.5 Å². The summed E-state index contributed by atoms with van der Waals surface area (Å²) in [6.07, 6.45) is 0. The molecule has 5 nitrogen and oxygen atoms in total. The van der Waals surface area contributed by atoms with Gasteiger partial charge in [-0.25, -0.2) is 9.97 Å². The Kier molecular flexibility index (Phi) is 4.44. The van der Waals surface area contributed by atoms with E-state index in [-0.39, 0.29) is 0 Å². The van der Waals surface area contributed by atoms with Crippen LogP contribution in [0.3, 0.4) is 0 Å². The van der Waals surface area contributed by atoms with Crippen molar-refractivity contribution in [3.05, 3.63) is 24.3 Å². The molecule has 0 aliphatic rings. The molecule has 0 aliphatic carbocycles. The first-order valence-electron chi connectivity index (χ1n) is 8.16. The second kappa shape index (κ2) is 6.26. The van der Waals surface area contributed by atoms with Crippen LogP contribution in [0.5, 0.6) is 0 Å². The van der Waals surface area contributed by atoms with Crippen molar-refractivity contribution in [1.29, 1.82) is 0 Å². The summed E-state index contributed by atoms with van der Waals surface area (Å²) in [6, 6.07) is 7.92. The van der Waals surface area contributed by atoms with Crippen LogP contribution in [0, 0.1) is 5.92 Å². The molecule has 6 heteroatoms. The first kappa shape index (κ1) is 17.0.